The SMILES string of the molecule is CCn1ncnc1C(C)NC(=O)C1(C(=O)O)CC2(CCC2)C1. The van der Waals surface area contributed by atoms with Crippen LogP contribution in [-0.2, 0) is 16.1 Å². The van der Waals surface area contributed by atoms with Gasteiger partial charge in [0.05, 0.1) is 6.04 Å². The van der Waals surface area contributed by atoms with Crippen molar-refractivity contribution in [2.24, 2.45) is 10.8 Å². The van der Waals surface area contributed by atoms with Gasteiger partial charge in [-0.25, -0.2) is 9.67 Å². The normalized spacial score (nSPS) is 22.5. The molecule has 7 nitrogen and oxygen atoms in total. The molecule has 0 bridgehead atoms. The lowest BCUT2D eigenvalue weighted by molar-refractivity contribution is -0.181. The monoisotopic (exact) mass is 306 g/mol. The van der Waals surface area contributed by atoms with Crippen LogP contribution in [0.2, 0.25) is 0 Å². The molecule has 1 amide bonds. The van der Waals surface area contributed by atoms with Crippen molar-refractivity contribution >= 4 is 11.9 Å². The van der Waals surface area contributed by atoms with Crippen LogP contribution in [0.15, 0.2) is 6.33 Å². The molecule has 0 aliphatic heterocycles. The first-order chi connectivity index (χ1) is 10.4. The minimum absolute atomic E-state index is 0.114. The van der Waals surface area contributed by atoms with Crippen LogP contribution in [-0.4, -0.2) is 31.7 Å². The van der Waals surface area contributed by atoms with Gasteiger partial charge in [-0.05, 0) is 44.9 Å². The Kier molecular flexibility index (Phi) is 3.45. The fourth-order valence-electron chi connectivity index (χ4n) is 3.92. The number of nitrogens with zero attached hydrogens (tertiary/aromatic N) is 3. The Hall–Kier alpha value is -1.92. The summed E-state index contributed by atoms with van der Waals surface area (Å²) in [4.78, 5) is 28.4. The maximum atomic E-state index is 12.6. The van der Waals surface area contributed by atoms with E-state index < -0.39 is 17.3 Å². The van der Waals surface area contributed by atoms with Crippen molar-refractivity contribution in [1.82, 2.24) is 20.1 Å². The quantitative estimate of drug-likeness (QED) is 0.804. The van der Waals surface area contributed by atoms with Crippen LogP contribution in [0.1, 0.15) is 57.8 Å². The minimum Gasteiger partial charge on any atom is -0.480 e. The van der Waals surface area contributed by atoms with Crippen LogP contribution >= 0.6 is 0 Å². The number of aromatic nitrogens is 3. The second kappa shape index (κ2) is 5.07. The molecule has 120 valence electrons. The summed E-state index contributed by atoms with van der Waals surface area (Å²) in [6.07, 6.45) is 5.63. The van der Waals surface area contributed by atoms with E-state index >= 15 is 0 Å². The Morgan fingerprint density at radius 3 is 2.64 bits per heavy atom. The molecule has 1 atom stereocenters. The molecule has 2 N–H and O–H groups in total. The highest BCUT2D eigenvalue weighted by Gasteiger charge is 2.65. The van der Waals surface area contributed by atoms with Crippen molar-refractivity contribution in [3.8, 4) is 0 Å². The first-order valence-electron chi connectivity index (χ1n) is 7.84. The Morgan fingerprint density at radius 1 is 1.45 bits per heavy atom. The predicted molar refractivity (Wildman–Crippen MR) is 77.8 cm³/mol. The minimum atomic E-state index is -1.26. The van der Waals surface area contributed by atoms with Gasteiger partial charge in [-0.1, -0.05) is 6.42 Å². The van der Waals surface area contributed by atoms with Gasteiger partial charge in [0.25, 0.3) is 0 Å². The average molecular weight is 306 g/mol. The Balaban J connectivity index is 1.71. The molecule has 2 fully saturated rings. The number of nitrogens with one attached hydrogen (secondary N) is 1. The number of carbonyl (C=O) groups excluding carboxylic acids is 1. The highest BCUT2D eigenvalue weighted by molar-refractivity contribution is 6.03. The van der Waals surface area contributed by atoms with Crippen LogP contribution in [0, 0.1) is 10.8 Å². The summed E-state index contributed by atoms with van der Waals surface area (Å²) < 4.78 is 1.70. The molecule has 1 aromatic heterocycles. The van der Waals surface area contributed by atoms with Crippen molar-refractivity contribution in [2.75, 3.05) is 0 Å². The molecule has 0 radical (unpaired) electrons. The maximum absolute atomic E-state index is 12.6. The third kappa shape index (κ3) is 2.10. The molecule has 1 unspecified atom stereocenters. The highest BCUT2D eigenvalue weighted by Crippen LogP contribution is 2.64. The molecule has 0 saturated heterocycles. The standard InChI is InChI=1S/C15H22N4O3/c1-3-19-11(16-9-17-19)10(2)18-12(20)15(13(21)22)7-14(8-15)5-4-6-14/h9-10H,3-8H2,1-2H3,(H,18,20)(H,21,22). The predicted octanol–water partition coefficient (Wildman–Crippen LogP) is 1.51. The molecule has 1 aromatic rings. The largest absolute Gasteiger partial charge is 0.480 e. The Morgan fingerprint density at radius 2 is 2.14 bits per heavy atom. The topological polar surface area (TPSA) is 97.1 Å². The van der Waals surface area contributed by atoms with Gasteiger partial charge in [-0.2, -0.15) is 5.10 Å². The summed E-state index contributed by atoms with van der Waals surface area (Å²) in [5.41, 5.74) is -1.14. The number of carboxylic acids is 1. The molecule has 1 spiro atoms. The number of aliphatic carboxylic acids is 1. The smallest absolute Gasteiger partial charge is 0.319 e. The molecule has 1 heterocycles. The summed E-state index contributed by atoms with van der Waals surface area (Å²) in [7, 11) is 0. The third-order valence-corrected chi connectivity index (χ3v) is 5.29. The van der Waals surface area contributed by atoms with Crippen molar-refractivity contribution in [2.45, 2.75) is 58.5 Å². The first-order valence-corrected chi connectivity index (χ1v) is 7.84. The molecule has 0 aromatic carbocycles. The fraction of sp³-hybridized carbons (Fsp3) is 0.733. The Labute approximate surface area is 129 Å². The summed E-state index contributed by atoms with van der Waals surface area (Å²) in [6.45, 7) is 4.40. The van der Waals surface area contributed by atoms with E-state index in [9.17, 15) is 14.7 Å². The van der Waals surface area contributed by atoms with E-state index in [0.717, 1.165) is 19.3 Å². The van der Waals surface area contributed by atoms with E-state index in [1.54, 1.807) is 11.6 Å². The van der Waals surface area contributed by atoms with Crippen LogP contribution < -0.4 is 5.32 Å². The summed E-state index contributed by atoms with van der Waals surface area (Å²) in [5.74, 6) is -0.753. The molecule has 7 heteroatoms. The number of carboxylic acid groups (broad SMARTS) is 1. The Bertz CT molecular complexity index is 598. The van der Waals surface area contributed by atoms with Crippen molar-refractivity contribution in [1.29, 1.82) is 0 Å². The van der Waals surface area contributed by atoms with Crippen LogP contribution in [0.4, 0.5) is 0 Å². The number of hydrogen-bond donors (Lipinski definition) is 2. The second-order valence-electron chi connectivity index (χ2n) is 6.72. The lowest BCUT2D eigenvalue weighted by Gasteiger charge is -2.58. The molecule has 22 heavy (non-hydrogen) atoms. The fourth-order valence-corrected chi connectivity index (χ4v) is 3.92. The summed E-state index contributed by atoms with van der Waals surface area (Å²) in [6, 6.07) is -0.357. The van der Waals surface area contributed by atoms with Crippen molar-refractivity contribution < 1.29 is 14.7 Å². The van der Waals surface area contributed by atoms with Gasteiger partial charge in [0.15, 0.2) is 0 Å². The third-order valence-electron chi connectivity index (χ3n) is 5.29. The van der Waals surface area contributed by atoms with E-state index in [4.69, 9.17) is 0 Å². The van der Waals surface area contributed by atoms with Gasteiger partial charge in [-0.3, -0.25) is 9.59 Å². The van der Waals surface area contributed by atoms with Gasteiger partial charge in [0.2, 0.25) is 5.91 Å². The van der Waals surface area contributed by atoms with E-state index in [1.165, 1.54) is 6.33 Å². The lowest BCUT2D eigenvalue weighted by atomic mass is 9.45. The van der Waals surface area contributed by atoms with Crippen LogP contribution in [0.3, 0.4) is 0 Å². The molecular weight excluding hydrogens is 284 g/mol. The van der Waals surface area contributed by atoms with E-state index in [2.05, 4.69) is 15.4 Å². The zero-order chi connectivity index (χ0) is 16.0. The van der Waals surface area contributed by atoms with E-state index in [-0.39, 0.29) is 11.5 Å². The average Bonchev–Trinajstić information content (AvgIpc) is 2.83. The van der Waals surface area contributed by atoms with E-state index in [0.29, 0.717) is 25.2 Å². The van der Waals surface area contributed by atoms with Gasteiger partial charge < -0.3 is 10.4 Å². The second-order valence-corrected chi connectivity index (χ2v) is 6.72. The van der Waals surface area contributed by atoms with Crippen LogP contribution in [0.25, 0.3) is 0 Å². The molecule has 2 saturated carbocycles. The van der Waals surface area contributed by atoms with Gasteiger partial charge >= 0.3 is 5.97 Å². The number of carbonyl (C=O) groups is 2. The number of aryl methyl sites for hydroxylation is 1. The summed E-state index contributed by atoms with van der Waals surface area (Å²) >= 11 is 0. The molecule has 3 rings (SSSR count). The molecule has 2 aliphatic carbocycles. The highest BCUT2D eigenvalue weighted by atomic mass is 16.4. The molecular formula is C15H22N4O3. The van der Waals surface area contributed by atoms with Crippen LogP contribution in [0.5, 0.6) is 0 Å². The first kappa shape index (κ1) is 15.0. The van der Waals surface area contributed by atoms with Crippen molar-refractivity contribution in [3.05, 3.63) is 12.2 Å². The summed E-state index contributed by atoms with van der Waals surface area (Å²) in [5, 5.41) is 16.5. The van der Waals surface area contributed by atoms with Crippen molar-refractivity contribution in [3.63, 3.8) is 0 Å². The maximum Gasteiger partial charge on any atom is 0.319 e. The number of rotatable bonds is 5. The molecule has 2 aliphatic rings. The zero-order valence-electron chi connectivity index (χ0n) is 13.0. The number of hydrogen-bond acceptors (Lipinski definition) is 4. The van der Waals surface area contributed by atoms with Gasteiger partial charge in [-0.15, -0.1) is 0 Å². The van der Waals surface area contributed by atoms with Gasteiger partial charge in [0.1, 0.15) is 17.6 Å². The van der Waals surface area contributed by atoms with Gasteiger partial charge in [0, 0.05) is 6.54 Å². The number of amides is 1. The van der Waals surface area contributed by atoms with E-state index in [1.807, 2.05) is 6.92 Å². The lowest BCUT2D eigenvalue weighted by Crippen LogP contribution is -2.61. The zero-order valence-corrected chi connectivity index (χ0v) is 13.0.